The Morgan fingerprint density at radius 3 is 1.90 bits per heavy atom. The first-order valence-corrected chi connectivity index (χ1v) is 3.77. The maximum atomic E-state index is 9.48. The lowest BCUT2D eigenvalue weighted by molar-refractivity contribution is 0.0512. The average Bonchev–Trinajstić information content (AvgIpc) is 1.60. The van der Waals surface area contributed by atoms with Crippen LogP contribution in [0.2, 0.25) is 0 Å². The Hall–Kier alpha value is -0.0800. The van der Waals surface area contributed by atoms with Crippen LogP contribution in [-0.4, -0.2) is 17.3 Å². The Labute approximate surface area is 63.4 Å². The largest absolute Gasteiger partial charge is 0.393 e. The number of hydrogen-bond acceptors (Lipinski definition) is 2. The van der Waals surface area contributed by atoms with Crippen molar-refractivity contribution in [1.29, 1.82) is 0 Å². The predicted molar refractivity (Wildman–Crippen MR) is 43.7 cm³/mol. The van der Waals surface area contributed by atoms with Crippen molar-refractivity contribution in [2.45, 2.75) is 46.3 Å². The van der Waals surface area contributed by atoms with Crippen LogP contribution in [0.5, 0.6) is 0 Å². The van der Waals surface area contributed by atoms with E-state index in [1.807, 2.05) is 27.7 Å². The zero-order chi connectivity index (χ0) is 8.36. The zero-order valence-electron chi connectivity index (χ0n) is 7.39. The van der Waals surface area contributed by atoms with Crippen LogP contribution in [0.15, 0.2) is 0 Å². The fourth-order valence-electron chi connectivity index (χ4n) is 0.706. The number of aliphatic hydroxyl groups excluding tert-OH is 1. The molecule has 0 spiro atoms. The molecule has 0 saturated heterocycles. The van der Waals surface area contributed by atoms with Crippen molar-refractivity contribution in [3.8, 4) is 0 Å². The lowest BCUT2D eigenvalue weighted by Crippen LogP contribution is -2.32. The van der Waals surface area contributed by atoms with Crippen LogP contribution in [0.3, 0.4) is 0 Å². The number of rotatable bonds is 2. The van der Waals surface area contributed by atoms with E-state index in [9.17, 15) is 5.11 Å². The maximum absolute atomic E-state index is 9.48. The third-order valence-electron chi connectivity index (χ3n) is 1.59. The van der Waals surface area contributed by atoms with E-state index < -0.39 is 0 Å². The van der Waals surface area contributed by atoms with Gasteiger partial charge in [-0.05, 0) is 18.8 Å². The summed E-state index contributed by atoms with van der Waals surface area (Å²) in [5.41, 5.74) is 5.50. The van der Waals surface area contributed by atoms with E-state index in [1.165, 1.54) is 0 Å². The topological polar surface area (TPSA) is 46.2 Å². The highest BCUT2D eigenvalue weighted by Gasteiger charge is 2.22. The van der Waals surface area contributed by atoms with Crippen molar-refractivity contribution in [2.24, 2.45) is 11.1 Å². The van der Waals surface area contributed by atoms with Crippen molar-refractivity contribution in [3.05, 3.63) is 0 Å². The van der Waals surface area contributed by atoms with Gasteiger partial charge in [-0.25, -0.2) is 0 Å². The second-order valence-corrected chi connectivity index (χ2v) is 4.09. The Morgan fingerprint density at radius 1 is 1.40 bits per heavy atom. The molecule has 2 heteroatoms. The van der Waals surface area contributed by atoms with Crippen LogP contribution < -0.4 is 5.73 Å². The first-order chi connectivity index (χ1) is 4.34. The summed E-state index contributed by atoms with van der Waals surface area (Å²) in [6.07, 6.45) is 0.399. The highest BCUT2D eigenvalue weighted by atomic mass is 16.3. The molecule has 0 heterocycles. The highest BCUT2D eigenvalue weighted by Crippen LogP contribution is 2.21. The van der Waals surface area contributed by atoms with Gasteiger partial charge in [0.2, 0.25) is 0 Å². The second-order valence-electron chi connectivity index (χ2n) is 4.09. The molecule has 0 radical (unpaired) electrons. The third-order valence-corrected chi connectivity index (χ3v) is 1.59. The Morgan fingerprint density at radius 2 is 1.80 bits per heavy atom. The maximum Gasteiger partial charge on any atom is 0.0603 e. The van der Waals surface area contributed by atoms with Crippen LogP contribution in [0.4, 0.5) is 0 Å². The normalized spacial score (nSPS) is 18.6. The molecule has 0 unspecified atom stereocenters. The Kier molecular flexibility index (Phi) is 3.33. The van der Waals surface area contributed by atoms with Gasteiger partial charge in [0.15, 0.2) is 0 Å². The van der Waals surface area contributed by atoms with Gasteiger partial charge in [-0.3, -0.25) is 0 Å². The molecule has 3 N–H and O–H groups in total. The molecule has 2 nitrogen and oxygen atoms in total. The summed E-state index contributed by atoms with van der Waals surface area (Å²) in [6, 6.07) is 0.0919. The van der Waals surface area contributed by atoms with Crippen molar-refractivity contribution in [3.63, 3.8) is 0 Å². The molecule has 0 aliphatic heterocycles. The fraction of sp³-hybridized carbons (Fsp3) is 1.00. The van der Waals surface area contributed by atoms with Gasteiger partial charge < -0.3 is 10.8 Å². The van der Waals surface area contributed by atoms with Gasteiger partial charge in [-0.15, -0.1) is 0 Å². The van der Waals surface area contributed by atoms with E-state index in [0.29, 0.717) is 6.42 Å². The van der Waals surface area contributed by atoms with Crippen LogP contribution in [0.1, 0.15) is 34.1 Å². The molecule has 0 rings (SSSR count). The monoisotopic (exact) mass is 145 g/mol. The molecular formula is C8H19NO. The van der Waals surface area contributed by atoms with Gasteiger partial charge in [-0.1, -0.05) is 20.8 Å². The summed E-state index contributed by atoms with van der Waals surface area (Å²) in [7, 11) is 0. The van der Waals surface area contributed by atoms with E-state index in [2.05, 4.69) is 0 Å². The van der Waals surface area contributed by atoms with Crippen LogP contribution in [-0.2, 0) is 0 Å². The molecule has 0 amide bonds. The molecule has 0 bridgehead atoms. The quantitative estimate of drug-likeness (QED) is 0.612. The van der Waals surface area contributed by atoms with Gasteiger partial charge in [-0.2, -0.15) is 0 Å². The first kappa shape index (κ1) is 9.92. The van der Waals surface area contributed by atoms with E-state index in [-0.39, 0.29) is 17.6 Å². The molecule has 0 aromatic heterocycles. The minimum atomic E-state index is -0.285. The van der Waals surface area contributed by atoms with E-state index in [0.717, 1.165) is 0 Å². The number of nitrogens with two attached hydrogens (primary N) is 1. The molecule has 0 aromatic rings. The van der Waals surface area contributed by atoms with Gasteiger partial charge >= 0.3 is 0 Å². The molecule has 2 atom stereocenters. The van der Waals surface area contributed by atoms with Gasteiger partial charge in [0, 0.05) is 6.04 Å². The molecule has 0 fully saturated rings. The van der Waals surface area contributed by atoms with E-state index in [1.54, 1.807) is 0 Å². The van der Waals surface area contributed by atoms with E-state index in [4.69, 9.17) is 5.73 Å². The number of aliphatic hydroxyl groups is 1. The molecule has 0 saturated carbocycles. The van der Waals surface area contributed by atoms with Gasteiger partial charge in [0.05, 0.1) is 6.10 Å². The van der Waals surface area contributed by atoms with Crippen molar-refractivity contribution >= 4 is 0 Å². The lowest BCUT2D eigenvalue weighted by atomic mass is 9.86. The fourth-order valence-corrected chi connectivity index (χ4v) is 0.706. The zero-order valence-corrected chi connectivity index (χ0v) is 7.39. The molecule has 62 valence electrons. The summed E-state index contributed by atoms with van der Waals surface area (Å²) in [5, 5.41) is 9.48. The molecule has 10 heavy (non-hydrogen) atoms. The summed E-state index contributed by atoms with van der Waals surface area (Å²) in [6.45, 7) is 7.95. The summed E-state index contributed by atoms with van der Waals surface area (Å²) in [4.78, 5) is 0. The minimum absolute atomic E-state index is 0.0341. The second kappa shape index (κ2) is 3.35. The van der Waals surface area contributed by atoms with Crippen molar-refractivity contribution < 1.29 is 5.11 Å². The van der Waals surface area contributed by atoms with Crippen molar-refractivity contribution in [2.75, 3.05) is 0 Å². The molecule has 0 aliphatic carbocycles. The standard InChI is InChI=1S/C8H19NO/c1-6(9)5-7(10)8(2,3)4/h6-7,10H,5,9H2,1-4H3/t6-,7-/m0/s1. The SMILES string of the molecule is C[C@H](N)C[C@H](O)C(C)(C)C. The molecular weight excluding hydrogens is 126 g/mol. The van der Waals surface area contributed by atoms with Crippen molar-refractivity contribution in [1.82, 2.24) is 0 Å². The van der Waals surface area contributed by atoms with Crippen LogP contribution in [0, 0.1) is 5.41 Å². The Bertz CT molecular complexity index is 93.9. The minimum Gasteiger partial charge on any atom is -0.393 e. The summed E-state index contributed by atoms with van der Waals surface area (Å²) >= 11 is 0. The molecule has 0 aliphatic rings. The number of hydrogen-bond donors (Lipinski definition) is 2. The first-order valence-electron chi connectivity index (χ1n) is 3.77. The average molecular weight is 145 g/mol. The third kappa shape index (κ3) is 3.85. The Balaban J connectivity index is 3.73. The smallest absolute Gasteiger partial charge is 0.0603 e. The van der Waals surface area contributed by atoms with Gasteiger partial charge in [0.1, 0.15) is 0 Å². The van der Waals surface area contributed by atoms with Crippen LogP contribution >= 0.6 is 0 Å². The highest BCUT2D eigenvalue weighted by molar-refractivity contribution is 4.75. The van der Waals surface area contributed by atoms with Gasteiger partial charge in [0.25, 0.3) is 0 Å². The van der Waals surface area contributed by atoms with E-state index >= 15 is 0 Å². The molecule has 0 aromatic carbocycles. The predicted octanol–water partition coefficient (Wildman–Crippen LogP) is 1.13. The summed E-state index contributed by atoms with van der Waals surface area (Å²) < 4.78 is 0. The summed E-state index contributed by atoms with van der Waals surface area (Å²) in [5.74, 6) is 0. The lowest BCUT2D eigenvalue weighted by Gasteiger charge is -2.26. The van der Waals surface area contributed by atoms with Crippen LogP contribution in [0.25, 0.3) is 0 Å².